The third kappa shape index (κ3) is 5.25. The number of aryl methyl sites for hydroxylation is 1. The van der Waals surface area contributed by atoms with Crippen molar-refractivity contribution in [1.82, 2.24) is 4.90 Å². The SMILES string of the molecule is Cc1c(S(=O)(=O)C[C@@H]2CCN(Cc3ccc(OC(C)C)cc3)C2)sc2ccc(Cl)cc12. The van der Waals surface area contributed by atoms with Gasteiger partial charge < -0.3 is 4.74 Å². The van der Waals surface area contributed by atoms with Crippen molar-refractivity contribution in [3.63, 3.8) is 0 Å². The van der Waals surface area contributed by atoms with Gasteiger partial charge in [0, 0.05) is 22.8 Å². The predicted molar refractivity (Wildman–Crippen MR) is 129 cm³/mol. The van der Waals surface area contributed by atoms with Crippen LogP contribution < -0.4 is 4.74 Å². The Kier molecular flexibility index (Phi) is 6.63. The smallest absolute Gasteiger partial charge is 0.188 e. The lowest BCUT2D eigenvalue weighted by Gasteiger charge is -2.17. The Morgan fingerprint density at radius 3 is 2.65 bits per heavy atom. The molecular formula is C24H28ClNO3S2. The maximum absolute atomic E-state index is 13.2. The molecule has 0 radical (unpaired) electrons. The molecule has 0 amide bonds. The zero-order chi connectivity index (χ0) is 22.2. The van der Waals surface area contributed by atoms with Crippen molar-refractivity contribution in [2.75, 3.05) is 18.8 Å². The molecule has 31 heavy (non-hydrogen) atoms. The van der Waals surface area contributed by atoms with Crippen LogP contribution in [0.1, 0.15) is 31.4 Å². The molecule has 0 saturated carbocycles. The van der Waals surface area contributed by atoms with Crippen LogP contribution in [0.15, 0.2) is 46.7 Å². The van der Waals surface area contributed by atoms with E-state index < -0.39 is 9.84 Å². The first-order chi connectivity index (χ1) is 14.7. The van der Waals surface area contributed by atoms with Gasteiger partial charge in [-0.25, -0.2) is 8.42 Å². The van der Waals surface area contributed by atoms with Gasteiger partial charge in [0.2, 0.25) is 0 Å². The number of hydrogen-bond acceptors (Lipinski definition) is 5. The molecule has 1 saturated heterocycles. The van der Waals surface area contributed by atoms with Crippen molar-refractivity contribution >= 4 is 42.9 Å². The molecule has 0 aliphatic carbocycles. The quantitative estimate of drug-likeness (QED) is 0.422. The van der Waals surface area contributed by atoms with E-state index in [4.69, 9.17) is 16.3 Å². The van der Waals surface area contributed by atoms with Crippen molar-refractivity contribution in [3.8, 4) is 5.75 Å². The lowest BCUT2D eigenvalue weighted by atomic mass is 10.1. The molecule has 1 aliphatic rings. The number of hydrogen-bond donors (Lipinski definition) is 0. The molecule has 166 valence electrons. The lowest BCUT2D eigenvalue weighted by molar-refractivity contribution is 0.242. The fraction of sp³-hybridized carbons (Fsp3) is 0.417. The van der Waals surface area contributed by atoms with E-state index >= 15 is 0 Å². The van der Waals surface area contributed by atoms with Crippen molar-refractivity contribution in [2.45, 2.75) is 44.0 Å². The van der Waals surface area contributed by atoms with Crippen LogP contribution in [0, 0.1) is 12.8 Å². The number of fused-ring (bicyclic) bond motifs is 1. The number of rotatable bonds is 7. The predicted octanol–water partition coefficient (Wildman–Crippen LogP) is 5.95. The summed E-state index contributed by atoms with van der Waals surface area (Å²) in [6.07, 6.45) is 1.07. The van der Waals surface area contributed by atoms with Crippen molar-refractivity contribution in [3.05, 3.63) is 58.6 Å². The van der Waals surface area contributed by atoms with Gasteiger partial charge >= 0.3 is 0 Å². The summed E-state index contributed by atoms with van der Waals surface area (Å²) in [6.45, 7) is 8.48. The second-order valence-corrected chi connectivity index (χ2v) is 12.4. The maximum atomic E-state index is 13.2. The molecule has 4 nitrogen and oxygen atoms in total. The van der Waals surface area contributed by atoms with E-state index in [1.165, 1.54) is 16.9 Å². The van der Waals surface area contributed by atoms with Gasteiger partial charge in [-0.1, -0.05) is 23.7 Å². The molecule has 3 aromatic rings. The minimum absolute atomic E-state index is 0.154. The summed E-state index contributed by atoms with van der Waals surface area (Å²) in [4.78, 5) is 2.34. The first-order valence-corrected chi connectivity index (χ1v) is 13.5. The number of halogens is 1. The standard InChI is InChI=1S/C24H28ClNO3S2/c1-16(2)29-21-7-4-18(5-8-21)13-26-11-10-19(14-26)15-31(27,28)24-17(3)22-12-20(25)6-9-23(22)30-24/h4-9,12,16,19H,10-11,13-15H2,1-3H3/t19-/m1/s1. The second-order valence-electron chi connectivity index (χ2n) is 8.64. The third-order valence-electron chi connectivity index (χ3n) is 5.66. The van der Waals surface area contributed by atoms with E-state index in [1.807, 2.05) is 51.1 Å². The second kappa shape index (κ2) is 9.10. The Bertz CT molecular complexity index is 1170. The van der Waals surface area contributed by atoms with Crippen molar-refractivity contribution in [1.29, 1.82) is 0 Å². The first-order valence-electron chi connectivity index (χ1n) is 10.6. The van der Waals surface area contributed by atoms with Gasteiger partial charge in [-0.2, -0.15) is 0 Å². The summed E-state index contributed by atoms with van der Waals surface area (Å²) in [5.41, 5.74) is 2.04. The molecule has 7 heteroatoms. The molecular weight excluding hydrogens is 450 g/mol. The topological polar surface area (TPSA) is 46.6 Å². The molecule has 0 spiro atoms. The van der Waals surface area contributed by atoms with Gasteiger partial charge in [0.15, 0.2) is 9.84 Å². The summed E-state index contributed by atoms with van der Waals surface area (Å²) in [7, 11) is -3.33. The normalized spacial score (nSPS) is 17.6. The Balaban J connectivity index is 1.40. The highest BCUT2D eigenvalue weighted by Gasteiger charge is 2.30. The van der Waals surface area contributed by atoms with E-state index in [0.717, 1.165) is 47.5 Å². The van der Waals surface area contributed by atoms with Gasteiger partial charge in [-0.3, -0.25) is 4.90 Å². The molecule has 1 atom stereocenters. The fourth-order valence-corrected chi connectivity index (χ4v) is 7.94. The summed E-state index contributed by atoms with van der Waals surface area (Å²) in [5.74, 6) is 1.23. The third-order valence-corrected chi connectivity index (χ3v) is 9.76. The minimum atomic E-state index is -3.33. The number of nitrogens with zero attached hydrogens (tertiary/aromatic N) is 1. The highest BCUT2D eigenvalue weighted by molar-refractivity contribution is 7.93. The van der Waals surface area contributed by atoms with Crippen LogP contribution in [-0.2, 0) is 16.4 Å². The van der Waals surface area contributed by atoms with Gasteiger partial charge in [0.1, 0.15) is 9.96 Å². The largest absolute Gasteiger partial charge is 0.491 e. The molecule has 1 fully saturated rings. The summed E-state index contributed by atoms with van der Waals surface area (Å²) in [5, 5.41) is 1.57. The van der Waals surface area contributed by atoms with Gasteiger partial charge in [0.25, 0.3) is 0 Å². The van der Waals surface area contributed by atoms with E-state index in [0.29, 0.717) is 9.23 Å². The van der Waals surface area contributed by atoms with E-state index in [1.54, 1.807) is 0 Å². The summed E-state index contributed by atoms with van der Waals surface area (Å²) >= 11 is 7.47. The molecule has 4 rings (SSSR count). The van der Waals surface area contributed by atoms with E-state index in [9.17, 15) is 8.42 Å². The average molecular weight is 478 g/mol. The summed E-state index contributed by atoms with van der Waals surface area (Å²) < 4.78 is 33.6. The van der Waals surface area contributed by atoms with Gasteiger partial charge in [-0.05, 0) is 86.5 Å². The first kappa shape index (κ1) is 22.6. The van der Waals surface area contributed by atoms with Crippen molar-refractivity contribution < 1.29 is 13.2 Å². The number of ether oxygens (including phenoxy) is 1. The summed E-state index contributed by atoms with van der Waals surface area (Å²) in [6, 6.07) is 13.8. The molecule has 2 aromatic carbocycles. The Labute approximate surface area is 193 Å². The van der Waals surface area contributed by atoms with Crippen LogP contribution in [0.5, 0.6) is 5.75 Å². The van der Waals surface area contributed by atoms with Crippen LogP contribution in [-0.4, -0.2) is 38.3 Å². The minimum Gasteiger partial charge on any atom is -0.491 e. The van der Waals surface area contributed by atoms with Crippen LogP contribution in [0.25, 0.3) is 10.1 Å². The molecule has 0 bridgehead atoms. The Morgan fingerprint density at radius 2 is 1.94 bits per heavy atom. The number of benzene rings is 2. The van der Waals surface area contributed by atoms with Gasteiger partial charge in [-0.15, -0.1) is 11.3 Å². The molecule has 1 aromatic heterocycles. The maximum Gasteiger partial charge on any atom is 0.188 e. The fourth-order valence-electron chi connectivity index (χ4n) is 4.25. The molecule has 0 unspecified atom stereocenters. The van der Waals surface area contributed by atoms with Crippen molar-refractivity contribution in [2.24, 2.45) is 5.92 Å². The Hall–Kier alpha value is -1.60. The van der Waals surface area contributed by atoms with Crippen LogP contribution >= 0.6 is 22.9 Å². The Morgan fingerprint density at radius 1 is 1.19 bits per heavy atom. The number of thiophene rings is 1. The van der Waals surface area contributed by atoms with Crippen LogP contribution in [0.3, 0.4) is 0 Å². The number of likely N-dealkylation sites (tertiary alicyclic amines) is 1. The average Bonchev–Trinajstić information content (AvgIpc) is 3.27. The van der Waals surface area contributed by atoms with Gasteiger partial charge in [0.05, 0.1) is 11.9 Å². The lowest BCUT2D eigenvalue weighted by Crippen LogP contribution is -2.23. The zero-order valence-corrected chi connectivity index (χ0v) is 20.5. The number of sulfone groups is 1. The highest BCUT2D eigenvalue weighted by atomic mass is 35.5. The van der Waals surface area contributed by atoms with Crippen LogP contribution in [0.2, 0.25) is 5.02 Å². The zero-order valence-electron chi connectivity index (χ0n) is 18.1. The molecule has 0 N–H and O–H groups in total. The van der Waals surface area contributed by atoms with E-state index in [-0.39, 0.29) is 17.8 Å². The van der Waals surface area contributed by atoms with Crippen LogP contribution in [0.4, 0.5) is 0 Å². The molecule has 2 heterocycles. The van der Waals surface area contributed by atoms with E-state index in [2.05, 4.69) is 17.0 Å². The highest BCUT2D eigenvalue weighted by Crippen LogP contribution is 2.37. The monoisotopic (exact) mass is 477 g/mol. The molecule has 1 aliphatic heterocycles.